The van der Waals surface area contributed by atoms with E-state index >= 15 is 0 Å². The molecule has 108 valence electrons. The standard InChI is InChI=1S/C16H17N3O2/c1-19-13-6-3-2-5-12(13)18-14(15(19)21)16(7-4-8-17)9-11(20)10-16/h2-3,5-6,11,20H,4,7,9-10H2,1H3. The highest BCUT2D eigenvalue weighted by Gasteiger charge is 2.47. The summed E-state index contributed by atoms with van der Waals surface area (Å²) in [5.74, 6) is 0. The molecule has 5 heteroatoms. The summed E-state index contributed by atoms with van der Waals surface area (Å²) >= 11 is 0. The summed E-state index contributed by atoms with van der Waals surface area (Å²) in [5.41, 5.74) is 1.48. The first-order valence-corrected chi connectivity index (χ1v) is 7.09. The van der Waals surface area contributed by atoms with Crippen LogP contribution < -0.4 is 5.56 Å². The molecular weight excluding hydrogens is 266 g/mol. The minimum Gasteiger partial charge on any atom is -0.393 e. The highest BCUT2D eigenvalue weighted by molar-refractivity contribution is 5.74. The van der Waals surface area contributed by atoms with Gasteiger partial charge in [-0.15, -0.1) is 0 Å². The van der Waals surface area contributed by atoms with Gasteiger partial charge in [-0.05, 0) is 31.4 Å². The van der Waals surface area contributed by atoms with Gasteiger partial charge in [-0.3, -0.25) is 4.79 Å². The van der Waals surface area contributed by atoms with Crippen LogP contribution in [0.2, 0.25) is 0 Å². The quantitative estimate of drug-likeness (QED) is 0.928. The van der Waals surface area contributed by atoms with Crippen molar-refractivity contribution in [1.82, 2.24) is 9.55 Å². The number of para-hydroxylation sites is 2. The Hall–Kier alpha value is -2.19. The summed E-state index contributed by atoms with van der Waals surface area (Å²) in [5, 5.41) is 18.5. The predicted octanol–water partition coefficient (Wildman–Crippen LogP) is 1.63. The van der Waals surface area contributed by atoms with Gasteiger partial charge in [0.2, 0.25) is 0 Å². The number of aryl methyl sites for hydroxylation is 1. The van der Waals surface area contributed by atoms with E-state index in [4.69, 9.17) is 5.26 Å². The van der Waals surface area contributed by atoms with Gasteiger partial charge in [0.05, 0.1) is 23.2 Å². The summed E-state index contributed by atoms with van der Waals surface area (Å²) in [6, 6.07) is 9.64. The van der Waals surface area contributed by atoms with E-state index in [2.05, 4.69) is 11.1 Å². The fraction of sp³-hybridized carbons (Fsp3) is 0.438. The number of aromatic nitrogens is 2. The van der Waals surface area contributed by atoms with Crippen molar-refractivity contribution in [3.8, 4) is 6.07 Å². The average molecular weight is 283 g/mol. The van der Waals surface area contributed by atoms with Gasteiger partial charge in [0.1, 0.15) is 5.69 Å². The summed E-state index contributed by atoms with van der Waals surface area (Å²) in [7, 11) is 1.74. The van der Waals surface area contributed by atoms with Crippen LogP contribution in [0.5, 0.6) is 0 Å². The zero-order valence-electron chi connectivity index (χ0n) is 11.9. The van der Waals surface area contributed by atoms with Crippen molar-refractivity contribution in [2.75, 3.05) is 0 Å². The molecular formula is C16H17N3O2. The smallest absolute Gasteiger partial charge is 0.273 e. The monoisotopic (exact) mass is 283 g/mol. The van der Waals surface area contributed by atoms with Gasteiger partial charge in [-0.25, -0.2) is 4.98 Å². The summed E-state index contributed by atoms with van der Waals surface area (Å²) in [6.07, 6.45) is 1.55. The molecule has 1 aliphatic rings. The lowest BCUT2D eigenvalue weighted by molar-refractivity contribution is 0.0109. The first-order chi connectivity index (χ1) is 10.1. The SMILES string of the molecule is Cn1c(=O)c(C2(CCC#N)CC(O)C2)nc2ccccc21. The van der Waals surface area contributed by atoms with Crippen LogP contribution in [0.25, 0.3) is 11.0 Å². The molecule has 0 radical (unpaired) electrons. The number of rotatable bonds is 3. The van der Waals surface area contributed by atoms with Crippen LogP contribution in [0.15, 0.2) is 29.1 Å². The second-order valence-electron chi connectivity index (χ2n) is 5.81. The predicted molar refractivity (Wildman–Crippen MR) is 78.7 cm³/mol. The lowest BCUT2D eigenvalue weighted by Crippen LogP contribution is -2.49. The van der Waals surface area contributed by atoms with E-state index < -0.39 is 11.5 Å². The number of aliphatic hydroxyl groups excluding tert-OH is 1. The maximum Gasteiger partial charge on any atom is 0.273 e. The molecule has 1 fully saturated rings. The van der Waals surface area contributed by atoms with Crippen molar-refractivity contribution < 1.29 is 5.11 Å². The third kappa shape index (κ3) is 2.12. The summed E-state index contributed by atoms with van der Waals surface area (Å²) in [6.45, 7) is 0. The van der Waals surface area contributed by atoms with Crippen molar-refractivity contribution in [1.29, 1.82) is 5.26 Å². The van der Waals surface area contributed by atoms with Crippen molar-refractivity contribution in [3.05, 3.63) is 40.3 Å². The Kier molecular flexibility index (Phi) is 3.26. The fourth-order valence-electron chi connectivity index (χ4n) is 3.28. The van der Waals surface area contributed by atoms with E-state index in [1.165, 1.54) is 0 Å². The van der Waals surface area contributed by atoms with Crippen LogP contribution in [-0.4, -0.2) is 20.8 Å². The Morgan fingerprint density at radius 1 is 1.48 bits per heavy atom. The number of fused-ring (bicyclic) bond motifs is 1. The molecule has 1 saturated carbocycles. The Morgan fingerprint density at radius 2 is 2.19 bits per heavy atom. The molecule has 0 amide bonds. The number of benzene rings is 1. The molecule has 1 aliphatic carbocycles. The second-order valence-corrected chi connectivity index (χ2v) is 5.81. The van der Waals surface area contributed by atoms with Crippen LogP contribution in [0, 0.1) is 11.3 Å². The normalized spacial score (nSPS) is 24.5. The molecule has 0 atom stereocenters. The van der Waals surface area contributed by atoms with Crippen LogP contribution >= 0.6 is 0 Å². The lowest BCUT2D eigenvalue weighted by atomic mass is 9.62. The van der Waals surface area contributed by atoms with E-state index in [1.807, 2.05) is 24.3 Å². The molecule has 0 saturated heterocycles. The van der Waals surface area contributed by atoms with Crippen LogP contribution in [0.4, 0.5) is 0 Å². The molecule has 0 spiro atoms. The molecule has 21 heavy (non-hydrogen) atoms. The third-order valence-corrected chi connectivity index (χ3v) is 4.45. The number of hydrogen-bond acceptors (Lipinski definition) is 4. The first-order valence-electron chi connectivity index (χ1n) is 7.09. The Labute approximate surface area is 122 Å². The van der Waals surface area contributed by atoms with Gasteiger partial charge in [-0.2, -0.15) is 5.26 Å². The van der Waals surface area contributed by atoms with E-state index in [-0.39, 0.29) is 5.56 Å². The maximum atomic E-state index is 12.6. The maximum absolute atomic E-state index is 12.6. The van der Waals surface area contributed by atoms with Crippen LogP contribution in [-0.2, 0) is 12.5 Å². The zero-order chi connectivity index (χ0) is 15.0. The van der Waals surface area contributed by atoms with Crippen molar-refractivity contribution >= 4 is 11.0 Å². The molecule has 1 N–H and O–H groups in total. The van der Waals surface area contributed by atoms with Gasteiger partial charge in [0.25, 0.3) is 5.56 Å². The Bertz CT molecular complexity index is 782. The van der Waals surface area contributed by atoms with E-state index in [9.17, 15) is 9.90 Å². The van der Waals surface area contributed by atoms with Gasteiger partial charge in [-0.1, -0.05) is 12.1 Å². The molecule has 0 unspecified atom stereocenters. The minimum absolute atomic E-state index is 0.126. The van der Waals surface area contributed by atoms with Crippen LogP contribution in [0.3, 0.4) is 0 Å². The molecule has 2 aromatic rings. The second kappa shape index (κ2) is 4.97. The molecule has 1 aromatic heterocycles. The number of hydrogen-bond donors (Lipinski definition) is 1. The van der Waals surface area contributed by atoms with Crippen LogP contribution in [0.1, 0.15) is 31.4 Å². The van der Waals surface area contributed by atoms with Gasteiger partial charge >= 0.3 is 0 Å². The van der Waals surface area contributed by atoms with E-state index in [1.54, 1.807) is 11.6 Å². The topological polar surface area (TPSA) is 78.9 Å². The molecule has 1 heterocycles. The molecule has 1 aromatic carbocycles. The Balaban J connectivity index is 2.17. The molecule has 5 nitrogen and oxygen atoms in total. The number of nitriles is 1. The summed E-state index contributed by atoms with van der Waals surface area (Å²) < 4.78 is 1.61. The van der Waals surface area contributed by atoms with Crippen molar-refractivity contribution in [3.63, 3.8) is 0 Å². The van der Waals surface area contributed by atoms with Gasteiger partial charge in [0.15, 0.2) is 0 Å². The minimum atomic E-state index is -0.450. The van der Waals surface area contributed by atoms with Crippen molar-refractivity contribution in [2.24, 2.45) is 7.05 Å². The molecule has 0 aliphatic heterocycles. The molecule has 3 rings (SSSR count). The lowest BCUT2D eigenvalue weighted by Gasteiger charge is -2.44. The number of nitrogens with zero attached hydrogens (tertiary/aromatic N) is 3. The third-order valence-electron chi connectivity index (χ3n) is 4.45. The van der Waals surface area contributed by atoms with Gasteiger partial charge in [0, 0.05) is 18.9 Å². The fourth-order valence-corrected chi connectivity index (χ4v) is 3.28. The van der Waals surface area contributed by atoms with Crippen molar-refractivity contribution in [2.45, 2.75) is 37.2 Å². The zero-order valence-corrected chi connectivity index (χ0v) is 11.9. The first kappa shape index (κ1) is 13.8. The highest BCUT2D eigenvalue weighted by Crippen LogP contribution is 2.45. The van der Waals surface area contributed by atoms with E-state index in [0.717, 1.165) is 11.0 Å². The molecule has 0 bridgehead atoms. The highest BCUT2D eigenvalue weighted by atomic mass is 16.3. The van der Waals surface area contributed by atoms with Gasteiger partial charge < -0.3 is 9.67 Å². The summed E-state index contributed by atoms with van der Waals surface area (Å²) in [4.78, 5) is 17.2. The average Bonchev–Trinajstić information content (AvgIpc) is 2.46. The Morgan fingerprint density at radius 3 is 2.86 bits per heavy atom. The van der Waals surface area contributed by atoms with E-state index in [0.29, 0.717) is 31.4 Å². The number of aliphatic hydroxyl groups is 1. The largest absolute Gasteiger partial charge is 0.393 e.